The van der Waals surface area contributed by atoms with E-state index in [2.05, 4.69) is 19.2 Å². The first-order valence-electron chi connectivity index (χ1n) is 7.17. The van der Waals surface area contributed by atoms with Gasteiger partial charge >= 0.3 is 0 Å². The van der Waals surface area contributed by atoms with Crippen LogP contribution in [-0.4, -0.2) is 13.7 Å². The third kappa shape index (κ3) is 2.92. The van der Waals surface area contributed by atoms with Crippen molar-refractivity contribution < 1.29 is 9.13 Å². The predicted octanol–water partition coefficient (Wildman–Crippen LogP) is 4.07. The molecule has 1 atom stereocenters. The molecule has 0 spiro atoms. The molecule has 1 unspecified atom stereocenters. The molecule has 1 aliphatic rings. The number of rotatable bonds is 5. The van der Waals surface area contributed by atoms with E-state index in [0.29, 0.717) is 5.75 Å². The quantitative estimate of drug-likeness (QED) is 0.866. The zero-order chi connectivity index (χ0) is 13.9. The van der Waals surface area contributed by atoms with Crippen molar-refractivity contribution in [3.8, 4) is 5.75 Å². The third-order valence-corrected chi connectivity index (χ3v) is 4.36. The van der Waals surface area contributed by atoms with Gasteiger partial charge in [0.25, 0.3) is 0 Å². The molecule has 2 rings (SSSR count). The minimum atomic E-state index is -0.274. The molecular formula is C16H24FNO. The van der Waals surface area contributed by atoms with E-state index in [1.54, 1.807) is 12.1 Å². The smallest absolute Gasteiger partial charge is 0.165 e. The monoisotopic (exact) mass is 265 g/mol. The summed E-state index contributed by atoms with van der Waals surface area (Å²) in [5, 5.41) is 3.54. The second-order valence-corrected chi connectivity index (χ2v) is 5.75. The average molecular weight is 265 g/mol. The molecule has 1 aromatic rings. The van der Waals surface area contributed by atoms with Crippen LogP contribution in [0, 0.1) is 11.2 Å². The van der Waals surface area contributed by atoms with Gasteiger partial charge in [-0.2, -0.15) is 0 Å². The molecule has 0 amide bonds. The highest BCUT2D eigenvalue weighted by atomic mass is 19.1. The van der Waals surface area contributed by atoms with Gasteiger partial charge in [0, 0.05) is 6.04 Å². The SMILES string of the molecule is CCNC(c1ccc(OC)c(F)c1)C1(C)CCCC1. The normalized spacial score (nSPS) is 19.4. The van der Waals surface area contributed by atoms with Crippen LogP contribution in [0.4, 0.5) is 4.39 Å². The second kappa shape index (κ2) is 5.91. The highest BCUT2D eigenvalue weighted by molar-refractivity contribution is 5.32. The van der Waals surface area contributed by atoms with Crippen molar-refractivity contribution in [3.05, 3.63) is 29.6 Å². The Morgan fingerprint density at radius 3 is 2.58 bits per heavy atom. The fourth-order valence-corrected chi connectivity index (χ4v) is 3.30. The van der Waals surface area contributed by atoms with Crippen molar-refractivity contribution in [1.82, 2.24) is 5.32 Å². The van der Waals surface area contributed by atoms with Gasteiger partial charge in [-0.1, -0.05) is 32.8 Å². The predicted molar refractivity (Wildman–Crippen MR) is 75.9 cm³/mol. The number of ether oxygens (including phenoxy) is 1. The number of hydrogen-bond acceptors (Lipinski definition) is 2. The Morgan fingerprint density at radius 1 is 1.37 bits per heavy atom. The Balaban J connectivity index is 2.30. The highest BCUT2D eigenvalue weighted by Gasteiger charge is 2.37. The maximum Gasteiger partial charge on any atom is 0.165 e. The lowest BCUT2D eigenvalue weighted by molar-refractivity contribution is 0.225. The van der Waals surface area contributed by atoms with Crippen molar-refractivity contribution in [1.29, 1.82) is 0 Å². The minimum absolute atomic E-state index is 0.223. The number of methoxy groups -OCH3 is 1. The minimum Gasteiger partial charge on any atom is -0.494 e. The molecule has 2 nitrogen and oxygen atoms in total. The lowest BCUT2D eigenvalue weighted by Gasteiger charge is -2.35. The Bertz CT molecular complexity index is 427. The van der Waals surface area contributed by atoms with E-state index in [1.807, 2.05) is 6.07 Å². The lowest BCUT2D eigenvalue weighted by atomic mass is 9.77. The molecule has 1 aromatic carbocycles. The molecule has 0 aromatic heterocycles. The van der Waals surface area contributed by atoms with Crippen molar-refractivity contribution in [3.63, 3.8) is 0 Å². The average Bonchev–Trinajstić information content (AvgIpc) is 2.83. The summed E-state index contributed by atoms with van der Waals surface area (Å²) in [7, 11) is 1.50. The fraction of sp³-hybridized carbons (Fsp3) is 0.625. The standard InChI is InChI=1S/C16H24FNO/c1-4-18-15(16(2)9-5-6-10-16)12-7-8-14(19-3)13(17)11-12/h7-8,11,15,18H,4-6,9-10H2,1-3H3. The van der Waals surface area contributed by atoms with Crippen LogP contribution in [0.15, 0.2) is 18.2 Å². The van der Waals surface area contributed by atoms with Crippen molar-refractivity contribution in [2.45, 2.75) is 45.6 Å². The molecule has 0 bridgehead atoms. The molecule has 0 saturated heterocycles. The topological polar surface area (TPSA) is 21.3 Å². The Morgan fingerprint density at radius 2 is 2.05 bits per heavy atom. The number of hydrogen-bond donors (Lipinski definition) is 1. The highest BCUT2D eigenvalue weighted by Crippen LogP contribution is 2.47. The van der Waals surface area contributed by atoms with E-state index in [9.17, 15) is 4.39 Å². The Labute approximate surface area is 115 Å². The molecule has 1 aliphatic carbocycles. The first-order valence-corrected chi connectivity index (χ1v) is 7.17. The van der Waals surface area contributed by atoms with Crippen LogP contribution in [0.25, 0.3) is 0 Å². The summed E-state index contributed by atoms with van der Waals surface area (Å²) in [4.78, 5) is 0. The zero-order valence-corrected chi connectivity index (χ0v) is 12.1. The van der Waals surface area contributed by atoms with Crippen LogP contribution in [-0.2, 0) is 0 Å². The number of halogens is 1. The van der Waals surface area contributed by atoms with Gasteiger partial charge in [-0.15, -0.1) is 0 Å². The maximum absolute atomic E-state index is 13.9. The van der Waals surface area contributed by atoms with Gasteiger partial charge in [0.2, 0.25) is 0 Å². The van der Waals surface area contributed by atoms with E-state index in [0.717, 1.165) is 12.1 Å². The molecule has 3 heteroatoms. The van der Waals surface area contributed by atoms with Crippen LogP contribution < -0.4 is 10.1 Å². The van der Waals surface area contributed by atoms with E-state index < -0.39 is 0 Å². The first kappa shape index (κ1) is 14.3. The van der Waals surface area contributed by atoms with Gasteiger partial charge in [-0.05, 0) is 42.5 Å². The van der Waals surface area contributed by atoms with Crippen LogP contribution >= 0.6 is 0 Å². The summed E-state index contributed by atoms with van der Waals surface area (Å²) >= 11 is 0. The van der Waals surface area contributed by atoms with E-state index in [4.69, 9.17) is 4.74 Å². The molecular weight excluding hydrogens is 241 g/mol. The van der Waals surface area contributed by atoms with Gasteiger partial charge in [0.1, 0.15) is 0 Å². The van der Waals surface area contributed by atoms with Gasteiger partial charge in [-0.25, -0.2) is 4.39 Å². The summed E-state index contributed by atoms with van der Waals surface area (Å²) < 4.78 is 18.9. The van der Waals surface area contributed by atoms with Crippen molar-refractivity contribution >= 4 is 0 Å². The Kier molecular flexibility index (Phi) is 4.46. The maximum atomic E-state index is 13.9. The van der Waals surface area contributed by atoms with Gasteiger partial charge in [0.05, 0.1) is 7.11 Å². The van der Waals surface area contributed by atoms with Gasteiger partial charge in [-0.3, -0.25) is 0 Å². The van der Waals surface area contributed by atoms with E-state index >= 15 is 0 Å². The summed E-state index contributed by atoms with van der Waals surface area (Å²) in [5.41, 5.74) is 1.27. The largest absolute Gasteiger partial charge is 0.494 e. The molecule has 1 N–H and O–H groups in total. The summed E-state index contributed by atoms with van der Waals surface area (Å²) in [6.07, 6.45) is 4.96. The Hall–Kier alpha value is -1.09. The molecule has 1 saturated carbocycles. The molecule has 0 radical (unpaired) electrons. The summed E-state index contributed by atoms with van der Waals surface area (Å²) in [5.74, 6) is 0.0417. The molecule has 19 heavy (non-hydrogen) atoms. The lowest BCUT2D eigenvalue weighted by Crippen LogP contribution is -2.34. The third-order valence-electron chi connectivity index (χ3n) is 4.36. The van der Waals surface area contributed by atoms with Crippen LogP contribution in [0.1, 0.15) is 51.1 Å². The molecule has 0 aliphatic heterocycles. The molecule has 106 valence electrons. The molecule has 0 heterocycles. The molecule has 1 fully saturated rings. The number of benzene rings is 1. The summed E-state index contributed by atoms with van der Waals surface area (Å²) in [6, 6.07) is 5.56. The second-order valence-electron chi connectivity index (χ2n) is 5.75. The first-order chi connectivity index (χ1) is 9.10. The van der Waals surface area contributed by atoms with E-state index in [1.165, 1.54) is 32.8 Å². The van der Waals surface area contributed by atoms with Crippen LogP contribution in [0.2, 0.25) is 0 Å². The summed E-state index contributed by atoms with van der Waals surface area (Å²) in [6.45, 7) is 5.31. The number of nitrogens with one attached hydrogen (secondary N) is 1. The van der Waals surface area contributed by atoms with Crippen molar-refractivity contribution in [2.75, 3.05) is 13.7 Å². The fourth-order valence-electron chi connectivity index (χ4n) is 3.30. The zero-order valence-electron chi connectivity index (χ0n) is 12.1. The van der Waals surface area contributed by atoms with Crippen molar-refractivity contribution in [2.24, 2.45) is 5.41 Å². The van der Waals surface area contributed by atoms with Crippen LogP contribution in [0.3, 0.4) is 0 Å². The van der Waals surface area contributed by atoms with E-state index in [-0.39, 0.29) is 17.3 Å². The van der Waals surface area contributed by atoms with Crippen LogP contribution in [0.5, 0.6) is 5.75 Å². The van der Waals surface area contributed by atoms with Gasteiger partial charge < -0.3 is 10.1 Å². The van der Waals surface area contributed by atoms with Gasteiger partial charge in [0.15, 0.2) is 11.6 Å².